The molecule has 0 aromatic heterocycles. The fourth-order valence-electron chi connectivity index (χ4n) is 1.41. The van der Waals surface area contributed by atoms with Crippen LogP contribution in [0.15, 0.2) is 0 Å². The highest BCUT2D eigenvalue weighted by Gasteiger charge is 2.28. The summed E-state index contributed by atoms with van der Waals surface area (Å²) in [5.74, 6) is -0.663. The van der Waals surface area contributed by atoms with Gasteiger partial charge in [0.1, 0.15) is 6.04 Å². The lowest BCUT2D eigenvalue weighted by atomic mass is 10.2. The third-order valence-electron chi connectivity index (χ3n) is 2.27. The molecule has 1 rings (SSSR count). The number of aliphatic carboxylic acids is 1. The average Bonchev–Trinajstić information content (AvgIpc) is 2.26. The normalized spacial score (nSPS) is 20.9. The standard InChI is InChI=1S/C10H18N2O4/c1-7(2)6-16-10(15)12-4-3-11-8(5-12)9(13)14/h7-8,11H,3-6H2,1-2H3,(H,13,14). The van der Waals surface area contributed by atoms with Crippen LogP contribution in [0.5, 0.6) is 0 Å². The summed E-state index contributed by atoms with van der Waals surface area (Å²) < 4.78 is 5.04. The molecule has 92 valence electrons. The van der Waals surface area contributed by atoms with Crippen LogP contribution in [0.3, 0.4) is 0 Å². The molecule has 6 heteroatoms. The van der Waals surface area contributed by atoms with Crippen molar-refractivity contribution < 1.29 is 19.4 Å². The first-order valence-electron chi connectivity index (χ1n) is 5.38. The molecule has 1 fully saturated rings. The minimum Gasteiger partial charge on any atom is -0.480 e. The van der Waals surface area contributed by atoms with Crippen molar-refractivity contribution in [2.24, 2.45) is 5.92 Å². The summed E-state index contributed by atoms with van der Waals surface area (Å²) in [6.45, 7) is 5.39. The van der Waals surface area contributed by atoms with Crippen molar-refractivity contribution in [2.45, 2.75) is 19.9 Å². The van der Waals surface area contributed by atoms with Crippen molar-refractivity contribution >= 4 is 12.1 Å². The minimum atomic E-state index is -0.943. The monoisotopic (exact) mass is 230 g/mol. The lowest BCUT2D eigenvalue weighted by Gasteiger charge is -2.30. The van der Waals surface area contributed by atoms with Crippen LogP contribution in [0, 0.1) is 5.92 Å². The van der Waals surface area contributed by atoms with Crippen LogP contribution < -0.4 is 5.32 Å². The number of rotatable bonds is 3. The zero-order valence-electron chi connectivity index (χ0n) is 9.60. The van der Waals surface area contributed by atoms with Gasteiger partial charge in [-0.1, -0.05) is 13.8 Å². The van der Waals surface area contributed by atoms with E-state index in [1.54, 1.807) is 0 Å². The summed E-state index contributed by atoms with van der Waals surface area (Å²) in [4.78, 5) is 23.7. The van der Waals surface area contributed by atoms with E-state index >= 15 is 0 Å². The van der Waals surface area contributed by atoms with E-state index in [-0.39, 0.29) is 12.5 Å². The van der Waals surface area contributed by atoms with E-state index in [9.17, 15) is 9.59 Å². The highest BCUT2D eigenvalue weighted by molar-refractivity contribution is 5.76. The molecule has 1 aliphatic rings. The van der Waals surface area contributed by atoms with Crippen molar-refractivity contribution in [2.75, 3.05) is 26.2 Å². The van der Waals surface area contributed by atoms with Crippen LogP contribution in [0.2, 0.25) is 0 Å². The van der Waals surface area contributed by atoms with Gasteiger partial charge in [-0.15, -0.1) is 0 Å². The smallest absolute Gasteiger partial charge is 0.409 e. The number of nitrogens with one attached hydrogen (secondary N) is 1. The van der Waals surface area contributed by atoms with Gasteiger partial charge in [0.25, 0.3) is 0 Å². The van der Waals surface area contributed by atoms with E-state index in [1.807, 2.05) is 13.8 Å². The quantitative estimate of drug-likeness (QED) is 0.721. The van der Waals surface area contributed by atoms with E-state index in [1.165, 1.54) is 4.90 Å². The Bertz CT molecular complexity index is 268. The fourth-order valence-corrected chi connectivity index (χ4v) is 1.41. The van der Waals surface area contributed by atoms with Crippen LogP contribution in [0.4, 0.5) is 4.79 Å². The fraction of sp³-hybridized carbons (Fsp3) is 0.800. The maximum Gasteiger partial charge on any atom is 0.409 e. The molecule has 1 amide bonds. The van der Waals surface area contributed by atoms with Crippen LogP contribution in [-0.2, 0) is 9.53 Å². The number of carbonyl (C=O) groups excluding carboxylic acids is 1. The van der Waals surface area contributed by atoms with Gasteiger partial charge in [-0.2, -0.15) is 0 Å². The van der Waals surface area contributed by atoms with E-state index in [2.05, 4.69) is 5.32 Å². The minimum absolute atomic E-state index is 0.159. The molecule has 0 aromatic rings. The molecule has 0 spiro atoms. The van der Waals surface area contributed by atoms with Crippen LogP contribution >= 0.6 is 0 Å². The summed E-state index contributed by atoms with van der Waals surface area (Å²) in [7, 11) is 0. The number of amides is 1. The predicted molar refractivity (Wildman–Crippen MR) is 57.2 cm³/mol. The number of ether oxygens (including phenoxy) is 1. The molecule has 0 saturated carbocycles. The Morgan fingerprint density at radius 2 is 2.25 bits per heavy atom. The summed E-state index contributed by atoms with van der Waals surface area (Å²) in [6, 6.07) is -0.694. The van der Waals surface area contributed by atoms with Crippen molar-refractivity contribution in [3.8, 4) is 0 Å². The van der Waals surface area contributed by atoms with Gasteiger partial charge >= 0.3 is 12.1 Å². The predicted octanol–water partition coefficient (Wildman–Crippen LogP) is 0.137. The highest BCUT2D eigenvalue weighted by atomic mass is 16.6. The first-order chi connectivity index (χ1) is 7.50. The number of carboxylic acid groups (broad SMARTS) is 1. The molecule has 1 aliphatic heterocycles. The maximum absolute atomic E-state index is 11.6. The molecule has 6 nitrogen and oxygen atoms in total. The van der Waals surface area contributed by atoms with Gasteiger partial charge in [0, 0.05) is 13.1 Å². The molecule has 0 aliphatic carbocycles. The average molecular weight is 230 g/mol. The van der Waals surface area contributed by atoms with Gasteiger partial charge in [0.05, 0.1) is 13.2 Å². The third kappa shape index (κ3) is 3.69. The van der Waals surface area contributed by atoms with Crippen LogP contribution in [-0.4, -0.2) is 54.4 Å². The van der Waals surface area contributed by atoms with Crippen molar-refractivity contribution in [1.29, 1.82) is 0 Å². The summed E-state index contributed by atoms with van der Waals surface area (Å²) >= 11 is 0. The van der Waals surface area contributed by atoms with Crippen LogP contribution in [0.25, 0.3) is 0 Å². The second-order valence-electron chi connectivity index (χ2n) is 4.26. The first kappa shape index (κ1) is 12.8. The summed E-state index contributed by atoms with van der Waals surface area (Å²) in [6.07, 6.45) is -0.429. The SMILES string of the molecule is CC(C)COC(=O)N1CCNC(C(=O)O)C1. The van der Waals surface area contributed by atoms with E-state index in [0.29, 0.717) is 19.7 Å². The molecule has 1 saturated heterocycles. The van der Waals surface area contributed by atoms with Gasteiger partial charge in [-0.05, 0) is 5.92 Å². The molecule has 16 heavy (non-hydrogen) atoms. The number of hydrogen-bond donors (Lipinski definition) is 2. The molecular weight excluding hydrogens is 212 g/mol. The molecule has 2 N–H and O–H groups in total. The van der Waals surface area contributed by atoms with E-state index in [4.69, 9.17) is 9.84 Å². The number of nitrogens with zero attached hydrogens (tertiary/aromatic N) is 1. The molecule has 1 heterocycles. The summed E-state index contributed by atoms with van der Waals surface area (Å²) in [5.41, 5.74) is 0. The van der Waals surface area contributed by atoms with Gasteiger partial charge < -0.3 is 20.1 Å². The Morgan fingerprint density at radius 1 is 1.56 bits per heavy atom. The Labute approximate surface area is 94.6 Å². The van der Waals surface area contributed by atoms with E-state index in [0.717, 1.165) is 0 Å². The van der Waals surface area contributed by atoms with Crippen molar-refractivity contribution in [3.05, 3.63) is 0 Å². The Balaban J connectivity index is 2.41. The largest absolute Gasteiger partial charge is 0.480 e. The second-order valence-corrected chi connectivity index (χ2v) is 4.26. The molecule has 1 unspecified atom stereocenters. The second kappa shape index (κ2) is 5.69. The molecule has 0 aromatic carbocycles. The molecule has 0 bridgehead atoms. The number of hydrogen-bond acceptors (Lipinski definition) is 4. The molecule has 0 radical (unpaired) electrons. The summed E-state index contributed by atoms with van der Waals surface area (Å²) in [5, 5.41) is 11.6. The Kier molecular flexibility index (Phi) is 4.54. The van der Waals surface area contributed by atoms with Crippen LogP contribution in [0.1, 0.15) is 13.8 Å². The maximum atomic E-state index is 11.6. The van der Waals surface area contributed by atoms with Gasteiger partial charge in [-0.3, -0.25) is 4.79 Å². The van der Waals surface area contributed by atoms with E-state index < -0.39 is 18.1 Å². The number of piperazine rings is 1. The molecular formula is C10H18N2O4. The third-order valence-corrected chi connectivity index (χ3v) is 2.27. The van der Waals surface area contributed by atoms with Gasteiger partial charge in [0.15, 0.2) is 0 Å². The number of carboxylic acids is 1. The van der Waals surface area contributed by atoms with Gasteiger partial charge in [-0.25, -0.2) is 4.79 Å². The number of carbonyl (C=O) groups is 2. The van der Waals surface area contributed by atoms with Gasteiger partial charge in [0.2, 0.25) is 0 Å². The molecule has 1 atom stereocenters. The zero-order valence-corrected chi connectivity index (χ0v) is 9.60. The lowest BCUT2D eigenvalue weighted by Crippen LogP contribution is -2.55. The zero-order chi connectivity index (χ0) is 12.1. The Morgan fingerprint density at radius 3 is 2.81 bits per heavy atom. The first-order valence-corrected chi connectivity index (χ1v) is 5.38. The Hall–Kier alpha value is -1.30. The highest BCUT2D eigenvalue weighted by Crippen LogP contribution is 2.03. The lowest BCUT2D eigenvalue weighted by molar-refractivity contribution is -0.140. The van der Waals surface area contributed by atoms with Crippen molar-refractivity contribution in [3.63, 3.8) is 0 Å². The van der Waals surface area contributed by atoms with Crippen molar-refractivity contribution in [1.82, 2.24) is 10.2 Å². The topological polar surface area (TPSA) is 78.9 Å².